The molecule has 69 heavy (non-hydrogen) atoms. The molecule has 0 saturated carbocycles. The number of nitrogens with one attached hydrogen (secondary N) is 2. The third-order valence-electron chi connectivity index (χ3n) is 12.6. The number of nitro benzene ring substituents is 1. The summed E-state index contributed by atoms with van der Waals surface area (Å²) in [5.41, 5.74) is 2.57. The second kappa shape index (κ2) is 24.0. The summed E-state index contributed by atoms with van der Waals surface area (Å²) < 4.78 is 23.2. The maximum Gasteiger partial charge on any atom is 0.336 e. The quantitative estimate of drug-likeness (QED) is 0.0233. The van der Waals surface area contributed by atoms with Gasteiger partial charge in [-0.3, -0.25) is 15.0 Å². The van der Waals surface area contributed by atoms with Crippen molar-refractivity contribution >= 4 is 17.6 Å². The van der Waals surface area contributed by atoms with Crippen LogP contribution in [0.3, 0.4) is 0 Å². The fraction of sp³-hybridized carbons (Fsp3) is 0.357. The Balaban J connectivity index is 1.53. The van der Waals surface area contributed by atoms with Crippen molar-refractivity contribution in [2.45, 2.75) is 89.9 Å². The number of unbranched alkanes of at least 4 members (excludes halogenated alkanes) is 1. The molecule has 0 radical (unpaired) electrons. The zero-order valence-corrected chi connectivity index (χ0v) is 40.8. The predicted octanol–water partition coefficient (Wildman–Crippen LogP) is 9.61. The first kappa shape index (κ1) is 51.6. The molecule has 3 atom stereocenters. The lowest BCUT2D eigenvalue weighted by Crippen LogP contribution is -2.63. The average Bonchev–Trinajstić information content (AvgIpc) is 3.36. The minimum absolute atomic E-state index is 0.0406. The number of nitro groups is 1. The van der Waals surface area contributed by atoms with Crippen molar-refractivity contribution in [3.8, 4) is 11.5 Å². The van der Waals surface area contributed by atoms with Crippen LogP contribution in [-0.2, 0) is 24.6 Å². The number of esters is 2. The van der Waals surface area contributed by atoms with E-state index in [0.29, 0.717) is 41.4 Å². The molecule has 3 N–H and O–H groups in total. The molecule has 1 aliphatic heterocycles. The molecule has 3 unspecified atom stereocenters. The summed E-state index contributed by atoms with van der Waals surface area (Å²) in [5.74, 6) is -1.31. The van der Waals surface area contributed by atoms with Gasteiger partial charge >= 0.3 is 11.9 Å². The van der Waals surface area contributed by atoms with Gasteiger partial charge in [0.1, 0.15) is 12.7 Å². The highest BCUT2D eigenvalue weighted by Crippen LogP contribution is 2.47. The number of benzene rings is 5. The third-order valence-corrected chi connectivity index (χ3v) is 12.6. The van der Waals surface area contributed by atoms with E-state index in [1.54, 1.807) is 40.0 Å². The first-order valence-electron chi connectivity index (χ1n) is 23.7. The standard InChI is InChI=1S/C56H66N4O9/c1-8-11-32-46(52-51(54(63)68-10-3)50(40-24-23-31-44(35-40)60(64)65)49(39(4)58-52)53(62)67-9-2)57-38-55(5,6)59(36-45(61)37-69-48-34-22-21-33-47(48)66-7)56(41-25-15-12-16-26-41,42-27-17-13-18-28-42)43-29-19-14-20-30-43/h12-31,33-35,45-46,50,57-58,61H,8-11,32,36-38H2,1-7H3. The van der Waals surface area contributed by atoms with Crippen molar-refractivity contribution in [1.29, 1.82) is 0 Å². The fourth-order valence-electron chi connectivity index (χ4n) is 9.45. The summed E-state index contributed by atoms with van der Waals surface area (Å²) >= 11 is 0. The Kier molecular flexibility index (Phi) is 17.9. The number of rotatable bonds is 24. The van der Waals surface area contributed by atoms with Crippen LogP contribution in [0.15, 0.2) is 162 Å². The van der Waals surface area contributed by atoms with E-state index in [1.165, 1.54) is 12.1 Å². The smallest absolute Gasteiger partial charge is 0.336 e. The number of methoxy groups -OCH3 is 1. The number of hydrogen-bond acceptors (Lipinski definition) is 12. The number of ether oxygens (including phenoxy) is 4. The number of aliphatic hydroxyl groups is 1. The number of aliphatic hydroxyl groups excluding tert-OH is 1. The number of allylic oxidation sites excluding steroid dienone is 1. The number of para-hydroxylation sites is 2. The molecule has 0 amide bonds. The Hall–Kier alpha value is -6.80. The Morgan fingerprint density at radius 2 is 1.32 bits per heavy atom. The Labute approximate surface area is 406 Å². The van der Waals surface area contributed by atoms with Gasteiger partial charge in [0.05, 0.1) is 47.8 Å². The molecule has 1 aliphatic rings. The monoisotopic (exact) mass is 938 g/mol. The highest BCUT2D eigenvalue weighted by molar-refractivity contribution is 6.00. The van der Waals surface area contributed by atoms with Crippen molar-refractivity contribution in [2.24, 2.45) is 0 Å². The Bertz CT molecular complexity index is 2470. The van der Waals surface area contributed by atoms with E-state index >= 15 is 0 Å². The first-order valence-corrected chi connectivity index (χ1v) is 23.7. The van der Waals surface area contributed by atoms with Crippen LogP contribution in [-0.4, -0.2) is 84.6 Å². The lowest BCUT2D eigenvalue weighted by Gasteiger charge is -2.54. The summed E-state index contributed by atoms with van der Waals surface area (Å²) in [6.45, 7) is 12.1. The largest absolute Gasteiger partial charge is 0.493 e. The van der Waals surface area contributed by atoms with Gasteiger partial charge in [-0.2, -0.15) is 0 Å². The molecule has 0 bridgehead atoms. The van der Waals surface area contributed by atoms with Crippen LogP contribution < -0.4 is 20.1 Å². The van der Waals surface area contributed by atoms with Crippen LogP contribution in [0, 0.1) is 10.1 Å². The van der Waals surface area contributed by atoms with Gasteiger partial charge in [0, 0.05) is 48.2 Å². The SMILES string of the molecule is CCCCC(NCC(C)(C)N(CC(O)COc1ccccc1OC)C(c1ccccc1)(c1ccccc1)c1ccccc1)C1=C(C(=O)OCC)C(c2cccc([N+](=O)[O-])c2)C(C(=O)OCC)=C(C)N1. The molecule has 1 heterocycles. The molecule has 13 heteroatoms. The van der Waals surface area contributed by atoms with Gasteiger partial charge in [-0.25, -0.2) is 9.59 Å². The molecule has 0 aliphatic carbocycles. The van der Waals surface area contributed by atoms with Crippen LogP contribution in [0.4, 0.5) is 5.69 Å². The van der Waals surface area contributed by atoms with Gasteiger partial charge in [0.25, 0.3) is 5.69 Å². The van der Waals surface area contributed by atoms with Gasteiger partial charge < -0.3 is 34.7 Å². The van der Waals surface area contributed by atoms with E-state index in [4.69, 9.17) is 18.9 Å². The van der Waals surface area contributed by atoms with Gasteiger partial charge in [-0.15, -0.1) is 0 Å². The maximum atomic E-state index is 14.5. The molecule has 0 saturated heterocycles. The molecule has 364 valence electrons. The van der Waals surface area contributed by atoms with Crippen molar-refractivity contribution in [2.75, 3.05) is 40.0 Å². The van der Waals surface area contributed by atoms with E-state index in [1.807, 2.05) is 78.9 Å². The maximum absolute atomic E-state index is 14.5. The van der Waals surface area contributed by atoms with Crippen LogP contribution in [0.25, 0.3) is 0 Å². The van der Waals surface area contributed by atoms with Gasteiger partial charge in [0.15, 0.2) is 11.5 Å². The number of carbonyl (C=O) groups excluding carboxylic acids is 2. The topological polar surface area (TPSA) is 162 Å². The lowest BCUT2D eigenvalue weighted by molar-refractivity contribution is -0.384. The molecule has 0 fully saturated rings. The highest BCUT2D eigenvalue weighted by atomic mass is 16.6. The second-order valence-corrected chi connectivity index (χ2v) is 17.6. The van der Waals surface area contributed by atoms with E-state index in [0.717, 1.165) is 29.5 Å². The highest BCUT2D eigenvalue weighted by Gasteiger charge is 2.49. The molecule has 5 aromatic rings. The fourth-order valence-corrected chi connectivity index (χ4v) is 9.45. The number of nitrogens with zero attached hydrogens (tertiary/aromatic N) is 2. The first-order chi connectivity index (χ1) is 33.3. The molecule has 0 spiro atoms. The molecular weight excluding hydrogens is 873 g/mol. The lowest BCUT2D eigenvalue weighted by atomic mass is 9.73. The number of non-ortho nitro benzene ring substituents is 1. The number of carbonyl (C=O) groups is 2. The number of β-amino-alcohol motifs (C(OH)–C–C–N with tert-alkyl or cyclic N) is 1. The minimum atomic E-state index is -1.06. The van der Waals surface area contributed by atoms with E-state index in [2.05, 4.69) is 72.7 Å². The van der Waals surface area contributed by atoms with Gasteiger partial charge in [-0.05, 0) is 75.4 Å². The Morgan fingerprint density at radius 3 is 1.84 bits per heavy atom. The zero-order valence-electron chi connectivity index (χ0n) is 40.8. The summed E-state index contributed by atoms with van der Waals surface area (Å²) in [6, 6.07) is 43.6. The molecular formula is C56H66N4O9. The zero-order chi connectivity index (χ0) is 49.6. The molecule has 6 rings (SSSR count). The van der Waals surface area contributed by atoms with Crippen LogP contribution in [0.5, 0.6) is 11.5 Å². The Morgan fingerprint density at radius 1 is 0.783 bits per heavy atom. The molecule has 13 nitrogen and oxygen atoms in total. The predicted molar refractivity (Wildman–Crippen MR) is 268 cm³/mol. The van der Waals surface area contributed by atoms with Gasteiger partial charge in [0.2, 0.25) is 0 Å². The molecule has 0 aromatic heterocycles. The second-order valence-electron chi connectivity index (χ2n) is 17.6. The van der Waals surface area contributed by atoms with Crippen molar-refractivity contribution < 1.29 is 38.6 Å². The van der Waals surface area contributed by atoms with E-state index < -0.39 is 46.0 Å². The third kappa shape index (κ3) is 11.7. The summed E-state index contributed by atoms with van der Waals surface area (Å²) in [4.78, 5) is 42.5. The number of hydrogen-bond donors (Lipinski definition) is 3. The average molecular weight is 939 g/mol. The summed E-state index contributed by atoms with van der Waals surface area (Å²) in [6.07, 6.45) is 1.16. The van der Waals surface area contributed by atoms with E-state index in [-0.39, 0.29) is 43.2 Å². The normalized spacial score (nSPS) is 15.0. The van der Waals surface area contributed by atoms with Crippen LogP contribution in [0.2, 0.25) is 0 Å². The van der Waals surface area contributed by atoms with Crippen LogP contribution >= 0.6 is 0 Å². The molecule has 5 aromatic carbocycles. The van der Waals surface area contributed by atoms with Gasteiger partial charge in [-0.1, -0.05) is 135 Å². The van der Waals surface area contributed by atoms with Crippen molar-refractivity contribution in [3.63, 3.8) is 0 Å². The van der Waals surface area contributed by atoms with Crippen molar-refractivity contribution in [1.82, 2.24) is 15.5 Å². The summed E-state index contributed by atoms with van der Waals surface area (Å²) in [7, 11) is 1.58. The summed E-state index contributed by atoms with van der Waals surface area (Å²) in [5, 5.41) is 31.8. The van der Waals surface area contributed by atoms with E-state index in [9.17, 15) is 24.8 Å². The minimum Gasteiger partial charge on any atom is -0.493 e. The number of dihydropyridines is 1. The van der Waals surface area contributed by atoms with Crippen LogP contribution in [0.1, 0.15) is 89.0 Å². The van der Waals surface area contributed by atoms with Crippen molar-refractivity contribution in [3.05, 3.63) is 194 Å².